The van der Waals surface area contributed by atoms with Crippen molar-refractivity contribution < 1.29 is 22.9 Å². The number of primary amides is 1. The van der Waals surface area contributed by atoms with Gasteiger partial charge < -0.3 is 10.8 Å². The van der Waals surface area contributed by atoms with Gasteiger partial charge in [-0.25, -0.2) is 0 Å². The number of pyridine rings is 1. The summed E-state index contributed by atoms with van der Waals surface area (Å²) < 4.78 is 30.7. The largest absolute Gasteiger partial charge is 0.494 e. The lowest BCUT2D eigenvalue weighted by Gasteiger charge is -2.06. The maximum Gasteiger partial charge on any atom is 0.294 e. The molecule has 0 unspecified atom stereocenters. The normalized spacial score (nSPS) is 11.8. The molecule has 0 fully saturated rings. The minimum absolute atomic E-state index is 0.0436. The van der Waals surface area contributed by atoms with Crippen LogP contribution in [-0.2, 0) is 10.1 Å². The summed E-state index contributed by atoms with van der Waals surface area (Å²) in [5.74, 6) is -1.61. The first-order valence-corrected chi connectivity index (χ1v) is 7.80. The van der Waals surface area contributed by atoms with Crippen molar-refractivity contribution in [2.24, 2.45) is 16.0 Å². The minimum atomic E-state index is -4.33. The molecule has 10 nitrogen and oxygen atoms in total. The van der Waals surface area contributed by atoms with Crippen LogP contribution < -0.4 is 11.3 Å². The predicted molar refractivity (Wildman–Crippen MR) is 82.4 cm³/mol. The van der Waals surface area contributed by atoms with Crippen molar-refractivity contribution in [1.29, 1.82) is 0 Å². The first kappa shape index (κ1) is 17.3. The molecule has 0 aliphatic carbocycles. The van der Waals surface area contributed by atoms with E-state index in [0.29, 0.717) is 0 Å². The fourth-order valence-electron chi connectivity index (χ4n) is 1.91. The monoisotopic (exact) mass is 352 g/mol. The van der Waals surface area contributed by atoms with Crippen LogP contribution in [0.1, 0.15) is 15.9 Å². The van der Waals surface area contributed by atoms with Crippen molar-refractivity contribution in [2.45, 2.75) is 11.8 Å². The second-order valence-electron chi connectivity index (χ2n) is 4.68. The molecular formula is C13H12N4O6S. The minimum Gasteiger partial charge on any atom is -0.494 e. The molecule has 0 spiro atoms. The molecule has 2 aromatic rings. The number of rotatable bonds is 4. The first-order valence-electron chi connectivity index (χ1n) is 6.36. The first-order chi connectivity index (χ1) is 11.1. The number of aromatic hydroxyl groups is 1. The molecule has 0 aliphatic rings. The molecule has 0 saturated carbocycles. The summed E-state index contributed by atoms with van der Waals surface area (Å²) in [4.78, 5) is 24.8. The summed E-state index contributed by atoms with van der Waals surface area (Å²) in [6.45, 7) is 1.37. The van der Waals surface area contributed by atoms with E-state index < -0.39 is 27.5 Å². The molecule has 0 atom stereocenters. The summed E-state index contributed by atoms with van der Waals surface area (Å²) in [7, 11) is -4.33. The van der Waals surface area contributed by atoms with Crippen LogP contribution in [0.15, 0.2) is 44.2 Å². The Morgan fingerprint density at radius 2 is 1.79 bits per heavy atom. The fraction of sp³-hybridized carbons (Fsp3) is 0.0769. The summed E-state index contributed by atoms with van der Waals surface area (Å²) in [6, 6.07) is 4.72. The van der Waals surface area contributed by atoms with E-state index >= 15 is 0 Å². The molecular weight excluding hydrogens is 340 g/mol. The number of nitrogens with two attached hydrogens (primary N) is 1. The van der Waals surface area contributed by atoms with Crippen LogP contribution in [0.25, 0.3) is 0 Å². The Kier molecular flexibility index (Phi) is 4.48. The molecule has 1 aromatic heterocycles. The van der Waals surface area contributed by atoms with Gasteiger partial charge >= 0.3 is 0 Å². The van der Waals surface area contributed by atoms with Gasteiger partial charge in [0.1, 0.15) is 5.56 Å². The van der Waals surface area contributed by atoms with Crippen molar-refractivity contribution in [1.82, 2.24) is 4.98 Å². The van der Waals surface area contributed by atoms with E-state index in [1.165, 1.54) is 19.1 Å². The van der Waals surface area contributed by atoms with E-state index in [1.54, 1.807) is 0 Å². The third kappa shape index (κ3) is 3.47. The third-order valence-corrected chi connectivity index (χ3v) is 3.93. The lowest BCUT2D eigenvalue weighted by atomic mass is 10.1. The molecule has 1 heterocycles. The van der Waals surface area contributed by atoms with E-state index in [1.807, 2.05) is 4.98 Å². The van der Waals surface area contributed by atoms with Crippen LogP contribution in [0.3, 0.4) is 0 Å². The zero-order valence-corrected chi connectivity index (χ0v) is 13.0. The Labute approximate surface area is 135 Å². The Balaban J connectivity index is 2.45. The smallest absolute Gasteiger partial charge is 0.294 e. The van der Waals surface area contributed by atoms with Gasteiger partial charge in [-0.3, -0.25) is 19.1 Å². The average Bonchev–Trinajstić information content (AvgIpc) is 2.45. The fourth-order valence-corrected chi connectivity index (χ4v) is 2.39. The number of nitrogens with one attached hydrogen (secondary N) is 1. The standard InChI is InChI=1S/C13H12N4O6S/c1-6-9(11(14)18)12(19)15-13(20)10(6)17-16-7-2-4-8(5-3-7)24(21,22)23/h2-5H,1H3,(H2,14,18)(H2,15,19,20)(H,21,22,23). The topological polar surface area (TPSA) is 175 Å². The quantitative estimate of drug-likeness (QED) is 0.474. The van der Waals surface area contributed by atoms with E-state index in [9.17, 15) is 23.1 Å². The number of amides is 1. The highest BCUT2D eigenvalue weighted by atomic mass is 32.2. The zero-order valence-electron chi connectivity index (χ0n) is 12.2. The van der Waals surface area contributed by atoms with Crippen LogP contribution in [0.2, 0.25) is 0 Å². The molecule has 1 amide bonds. The van der Waals surface area contributed by atoms with Crippen LogP contribution in [0.5, 0.6) is 5.88 Å². The predicted octanol–water partition coefficient (Wildman–Crippen LogP) is 1.15. The molecule has 2 rings (SSSR count). The molecule has 11 heteroatoms. The van der Waals surface area contributed by atoms with Crippen molar-refractivity contribution in [3.05, 3.63) is 45.7 Å². The van der Waals surface area contributed by atoms with Crippen LogP contribution in [0, 0.1) is 6.92 Å². The van der Waals surface area contributed by atoms with Crippen LogP contribution in [-0.4, -0.2) is 29.0 Å². The third-order valence-electron chi connectivity index (χ3n) is 3.06. The van der Waals surface area contributed by atoms with Gasteiger partial charge in [0.25, 0.3) is 21.6 Å². The number of aromatic nitrogens is 1. The maximum absolute atomic E-state index is 11.8. The number of carbonyl (C=O) groups excluding carboxylic acids is 1. The molecule has 0 radical (unpaired) electrons. The van der Waals surface area contributed by atoms with E-state index in [0.717, 1.165) is 12.1 Å². The van der Waals surface area contributed by atoms with E-state index in [4.69, 9.17) is 10.3 Å². The number of H-pyrrole nitrogens is 1. The van der Waals surface area contributed by atoms with Crippen molar-refractivity contribution >= 4 is 27.4 Å². The second kappa shape index (κ2) is 6.22. The second-order valence-corrected chi connectivity index (χ2v) is 6.11. The number of aromatic amines is 1. The van der Waals surface area contributed by atoms with Gasteiger partial charge in [0.15, 0.2) is 5.69 Å². The lowest BCUT2D eigenvalue weighted by Crippen LogP contribution is -2.18. The number of nitrogens with zero attached hydrogens (tertiary/aromatic N) is 2. The van der Waals surface area contributed by atoms with Gasteiger partial charge in [-0.1, -0.05) is 0 Å². The number of benzene rings is 1. The highest BCUT2D eigenvalue weighted by molar-refractivity contribution is 7.85. The van der Waals surface area contributed by atoms with Gasteiger partial charge in [-0.05, 0) is 31.2 Å². The van der Waals surface area contributed by atoms with Crippen LogP contribution in [0.4, 0.5) is 11.4 Å². The van der Waals surface area contributed by atoms with Gasteiger partial charge in [0.05, 0.1) is 10.6 Å². The van der Waals surface area contributed by atoms with Crippen LogP contribution >= 0.6 is 0 Å². The molecule has 0 bridgehead atoms. The molecule has 0 saturated heterocycles. The van der Waals surface area contributed by atoms with Crippen molar-refractivity contribution in [3.63, 3.8) is 0 Å². The summed E-state index contributed by atoms with van der Waals surface area (Å²) >= 11 is 0. The molecule has 126 valence electrons. The lowest BCUT2D eigenvalue weighted by molar-refractivity contribution is 0.0996. The average molecular weight is 352 g/mol. The van der Waals surface area contributed by atoms with E-state index in [-0.39, 0.29) is 27.4 Å². The number of azo groups is 1. The maximum atomic E-state index is 11.8. The van der Waals surface area contributed by atoms with E-state index in [2.05, 4.69) is 10.2 Å². The number of hydrogen-bond acceptors (Lipinski definition) is 7. The Morgan fingerprint density at radius 1 is 1.21 bits per heavy atom. The SMILES string of the molecule is Cc1c(C(N)=O)c(O)[nH]c(=O)c1N=Nc1ccc(S(=O)(=O)O)cc1. The highest BCUT2D eigenvalue weighted by Gasteiger charge is 2.18. The number of hydrogen-bond donors (Lipinski definition) is 4. The Morgan fingerprint density at radius 3 is 2.29 bits per heavy atom. The molecule has 5 N–H and O–H groups in total. The van der Waals surface area contributed by atoms with Gasteiger partial charge in [-0.15, -0.1) is 5.11 Å². The summed E-state index contributed by atoms with van der Waals surface area (Å²) in [5, 5.41) is 17.0. The van der Waals surface area contributed by atoms with Gasteiger partial charge in [-0.2, -0.15) is 13.5 Å². The van der Waals surface area contributed by atoms with Gasteiger partial charge in [0, 0.05) is 5.56 Å². The molecule has 1 aromatic carbocycles. The number of carbonyl (C=O) groups is 1. The Hall–Kier alpha value is -3.05. The Bertz CT molecular complexity index is 992. The van der Waals surface area contributed by atoms with Crippen molar-refractivity contribution in [2.75, 3.05) is 0 Å². The highest BCUT2D eigenvalue weighted by Crippen LogP contribution is 2.25. The zero-order chi connectivity index (χ0) is 18.1. The van der Waals surface area contributed by atoms with Gasteiger partial charge in [0.2, 0.25) is 5.88 Å². The summed E-state index contributed by atoms with van der Waals surface area (Å²) in [6.07, 6.45) is 0. The van der Waals surface area contributed by atoms with Crippen molar-refractivity contribution in [3.8, 4) is 5.88 Å². The molecule has 24 heavy (non-hydrogen) atoms. The summed E-state index contributed by atoms with van der Waals surface area (Å²) in [5.41, 5.74) is 4.05. The molecule has 0 aliphatic heterocycles.